The monoisotopic (exact) mass is 582 g/mol. The lowest BCUT2D eigenvalue weighted by atomic mass is 9.84. The number of aromatic amines is 1. The van der Waals surface area contributed by atoms with Gasteiger partial charge in [-0.3, -0.25) is 10.1 Å². The van der Waals surface area contributed by atoms with E-state index in [1.54, 1.807) is 12.3 Å². The zero-order chi connectivity index (χ0) is 29.1. The standard InChI is InChI=1S/C27H30BF3N8O3/c28-27(41,25(29)6-7-25)39-20-9-18(32-10-17(20)22(36-39)37-12-16(13-37)42-15-1-2-15)21-19(11-33-35-21)34-23(40)38-14-26(30,31)8-5-24(38)3-4-24/h9-11,15-16,41H,1-8,12-14H2,(H,33,35)(H,34,40). The van der Waals surface area contributed by atoms with E-state index in [0.717, 1.165) is 17.5 Å². The predicted octanol–water partition coefficient (Wildman–Crippen LogP) is 3.26. The number of carbonyl (C=O) groups is 1. The third-order valence-corrected chi connectivity index (χ3v) is 9.40. The van der Waals surface area contributed by atoms with Gasteiger partial charge in [-0.1, -0.05) is 0 Å². The van der Waals surface area contributed by atoms with E-state index in [0.29, 0.717) is 60.1 Å². The molecule has 5 heterocycles. The van der Waals surface area contributed by atoms with Crippen LogP contribution in [0.3, 0.4) is 0 Å². The number of rotatable bonds is 7. The highest BCUT2D eigenvalue weighted by Crippen LogP contribution is 2.52. The number of nitrogens with zero attached hydrogens (tertiary/aromatic N) is 6. The number of aliphatic hydroxyl groups is 1. The zero-order valence-electron chi connectivity index (χ0n) is 22.8. The number of carbonyl (C=O) groups excluding carboxylic acids is 1. The van der Waals surface area contributed by atoms with Gasteiger partial charge < -0.3 is 25.0 Å². The summed E-state index contributed by atoms with van der Waals surface area (Å²) < 4.78 is 50.8. The number of fused-ring (bicyclic) bond motifs is 1. The molecule has 1 unspecified atom stereocenters. The number of likely N-dealkylation sites (tertiary alicyclic amines) is 1. The molecule has 3 aromatic rings. The number of aromatic nitrogens is 5. The van der Waals surface area contributed by atoms with E-state index in [4.69, 9.17) is 12.6 Å². The van der Waals surface area contributed by atoms with Crippen molar-refractivity contribution in [3.63, 3.8) is 0 Å². The fourth-order valence-electron chi connectivity index (χ4n) is 6.20. The minimum Gasteiger partial charge on any atom is -0.375 e. The van der Waals surface area contributed by atoms with Crippen LogP contribution in [0.15, 0.2) is 18.5 Å². The Kier molecular flexibility index (Phi) is 5.40. The van der Waals surface area contributed by atoms with Crippen LogP contribution in [0.5, 0.6) is 0 Å². The molecule has 42 heavy (non-hydrogen) atoms. The third kappa shape index (κ3) is 4.18. The Balaban J connectivity index is 1.11. The van der Waals surface area contributed by atoms with Crippen LogP contribution in [0.25, 0.3) is 22.3 Å². The molecule has 1 atom stereocenters. The second kappa shape index (κ2) is 8.62. The molecule has 3 N–H and O–H groups in total. The lowest BCUT2D eigenvalue weighted by Gasteiger charge is -2.40. The van der Waals surface area contributed by atoms with Crippen LogP contribution in [-0.2, 0) is 10.4 Å². The van der Waals surface area contributed by atoms with Crippen molar-refractivity contribution in [3.8, 4) is 11.4 Å². The van der Waals surface area contributed by atoms with E-state index >= 15 is 4.39 Å². The van der Waals surface area contributed by atoms with Gasteiger partial charge in [0.05, 0.1) is 47.2 Å². The molecule has 2 aliphatic heterocycles. The lowest BCUT2D eigenvalue weighted by Crippen LogP contribution is -2.54. The number of alkyl halides is 3. The summed E-state index contributed by atoms with van der Waals surface area (Å²) in [6.07, 6.45) is 7.09. The number of ether oxygens (including phenoxy) is 1. The molecule has 11 nitrogen and oxygen atoms in total. The van der Waals surface area contributed by atoms with E-state index < -0.39 is 35.3 Å². The number of H-pyrrole nitrogens is 1. The Morgan fingerprint density at radius 1 is 1.12 bits per heavy atom. The summed E-state index contributed by atoms with van der Waals surface area (Å²) in [6.45, 7) is 0.561. The van der Waals surface area contributed by atoms with Gasteiger partial charge in [-0.15, -0.1) is 0 Å². The third-order valence-electron chi connectivity index (χ3n) is 9.40. The number of urea groups is 1. The van der Waals surface area contributed by atoms with Crippen LogP contribution in [0.4, 0.5) is 29.5 Å². The summed E-state index contributed by atoms with van der Waals surface area (Å²) in [4.78, 5) is 21.0. The maximum Gasteiger partial charge on any atom is 0.322 e. The SMILES string of the molecule is [B]C(O)(n1nc(N2CC(OC3CC3)C2)c2cnc(-c3[nH]ncc3NC(=O)N3CC(F)(F)CCC34CC4)cc21)C1(F)CC1. The van der Waals surface area contributed by atoms with Gasteiger partial charge in [-0.25, -0.2) is 22.6 Å². The highest BCUT2D eigenvalue weighted by Gasteiger charge is 2.59. The molecule has 15 heteroatoms. The van der Waals surface area contributed by atoms with Gasteiger partial charge in [-0.2, -0.15) is 10.2 Å². The molecule has 3 saturated carbocycles. The van der Waals surface area contributed by atoms with Crippen molar-refractivity contribution < 1.29 is 27.8 Å². The summed E-state index contributed by atoms with van der Waals surface area (Å²) >= 11 is 0. The fourth-order valence-corrected chi connectivity index (χ4v) is 6.20. The molecule has 8 rings (SSSR count). The molecule has 0 bridgehead atoms. The van der Waals surface area contributed by atoms with Gasteiger partial charge in [0.25, 0.3) is 5.92 Å². The fraction of sp³-hybridized carbons (Fsp3) is 0.630. The smallest absolute Gasteiger partial charge is 0.322 e. The minimum absolute atomic E-state index is 0.0726. The van der Waals surface area contributed by atoms with Crippen LogP contribution in [0.2, 0.25) is 0 Å². The Morgan fingerprint density at radius 3 is 2.55 bits per heavy atom. The summed E-state index contributed by atoms with van der Waals surface area (Å²) in [5.74, 6) is -2.44. The summed E-state index contributed by atoms with van der Waals surface area (Å²) in [7, 11) is 6.19. The number of pyridine rings is 1. The predicted molar refractivity (Wildman–Crippen MR) is 146 cm³/mol. The van der Waals surface area contributed by atoms with Crippen LogP contribution in [0, 0.1) is 0 Å². The second-order valence-corrected chi connectivity index (χ2v) is 12.6. The second-order valence-electron chi connectivity index (χ2n) is 12.6. The first-order valence-electron chi connectivity index (χ1n) is 14.5. The number of halogens is 3. The van der Waals surface area contributed by atoms with E-state index in [1.807, 2.05) is 4.90 Å². The van der Waals surface area contributed by atoms with E-state index in [9.17, 15) is 18.7 Å². The van der Waals surface area contributed by atoms with Crippen LogP contribution < -0.4 is 10.2 Å². The van der Waals surface area contributed by atoms with Crippen molar-refractivity contribution in [1.29, 1.82) is 0 Å². The Bertz CT molecular complexity index is 1580. The first-order valence-corrected chi connectivity index (χ1v) is 14.5. The molecule has 1 spiro atoms. The quantitative estimate of drug-likeness (QED) is 0.366. The van der Waals surface area contributed by atoms with Gasteiger partial charge in [0, 0.05) is 31.2 Å². The van der Waals surface area contributed by atoms with Crippen molar-refractivity contribution in [1.82, 2.24) is 29.9 Å². The molecule has 2 saturated heterocycles. The zero-order valence-corrected chi connectivity index (χ0v) is 22.8. The molecule has 5 fully saturated rings. The Morgan fingerprint density at radius 2 is 1.86 bits per heavy atom. The van der Waals surface area contributed by atoms with Gasteiger partial charge in [0.1, 0.15) is 17.0 Å². The highest BCUT2D eigenvalue weighted by molar-refractivity contribution is 6.14. The van der Waals surface area contributed by atoms with Crippen LogP contribution in [-0.4, -0.2) is 97.8 Å². The van der Waals surface area contributed by atoms with Crippen molar-refractivity contribution in [2.75, 3.05) is 29.9 Å². The maximum atomic E-state index is 15.3. The van der Waals surface area contributed by atoms with E-state index in [-0.39, 0.29) is 37.5 Å². The topological polar surface area (TPSA) is 124 Å². The molecule has 2 amide bonds. The molecule has 220 valence electrons. The number of hydrogen-bond acceptors (Lipinski definition) is 7. The van der Waals surface area contributed by atoms with Crippen LogP contribution in [0.1, 0.15) is 51.4 Å². The van der Waals surface area contributed by atoms with Crippen LogP contribution >= 0.6 is 0 Å². The molecule has 5 aliphatic rings. The van der Waals surface area contributed by atoms with Gasteiger partial charge in [0.2, 0.25) is 0 Å². The first-order chi connectivity index (χ1) is 20.0. The molecular formula is C27H30BF3N8O3. The first kappa shape index (κ1) is 26.3. The lowest BCUT2D eigenvalue weighted by molar-refractivity contribution is -0.0721. The largest absolute Gasteiger partial charge is 0.375 e. The highest BCUT2D eigenvalue weighted by atomic mass is 19.3. The summed E-state index contributed by atoms with van der Waals surface area (Å²) in [6, 6.07) is 0.960. The number of piperidine rings is 1. The molecule has 3 aliphatic carbocycles. The maximum absolute atomic E-state index is 15.3. The van der Waals surface area contributed by atoms with Gasteiger partial charge >= 0.3 is 6.03 Å². The minimum atomic E-state index is -2.94. The van der Waals surface area contributed by atoms with E-state index in [2.05, 4.69) is 25.6 Å². The molecule has 0 aromatic carbocycles. The average molecular weight is 582 g/mol. The number of anilines is 2. The van der Waals surface area contributed by atoms with Crippen molar-refractivity contribution in [2.45, 2.75) is 86.3 Å². The van der Waals surface area contributed by atoms with Crippen molar-refractivity contribution in [3.05, 3.63) is 18.5 Å². The van der Waals surface area contributed by atoms with E-state index in [1.165, 1.54) is 11.1 Å². The Labute approximate surface area is 240 Å². The molecule has 3 aromatic heterocycles. The Hall–Kier alpha value is -3.33. The molecule has 2 radical (unpaired) electrons. The number of amides is 2. The summed E-state index contributed by atoms with van der Waals surface area (Å²) in [5, 5.41) is 25.9. The van der Waals surface area contributed by atoms with Gasteiger partial charge in [-0.05, 0) is 51.0 Å². The van der Waals surface area contributed by atoms with Gasteiger partial charge in [0.15, 0.2) is 13.7 Å². The molecular weight excluding hydrogens is 552 g/mol. The average Bonchev–Trinajstić information content (AvgIpc) is 3.88. The number of hydrogen-bond donors (Lipinski definition) is 3. The van der Waals surface area contributed by atoms with Crippen molar-refractivity contribution >= 4 is 36.3 Å². The number of nitrogens with one attached hydrogen (secondary N) is 2. The normalized spacial score (nSPS) is 25.3. The van der Waals surface area contributed by atoms with Crippen molar-refractivity contribution in [2.24, 2.45) is 0 Å². The summed E-state index contributed by atoms with van der Waals surface area (Å²) in [5.41, 5.74) is -3.73.